The molecule has 1 aromatic carbocycles. The Kier molecular flexibility index (Phi) is 3.36. The van der Waals surface area contributed by atoms with Gasteiger partial charge in [0.05, 0.1) is 23.4 Å². The van der Waals surface area contributed by atoms with Gasteiger partial charge in [-0.2, -0.15) is 5.26 Å². The molecule has 1 aliphatic heterocycles. The summed E-state index contributed by atoms with van der Waals surface area (Å²) in [5, 5.41) is 13.1. The highest BCUT2D eigenvalue weighted by Crippen LogP contribution is 2.39. The third-order valence-electron chi connectivity index (χ3n) is 4.10. The molecule has 2 fully saturated rings. The molecular weight excluding hydrogens is 262 g/mol. The summed E-state index contributed by atoms with van der Waals surface area (Å²) < 4.78 is 5.78. The van der Waals surface area contributed by atoms with E-state index >= 15 is 0 Å². The Morgan fingerprint density at radius 3 is 3.11 bits per heavy atom. The van der Waals surface area contributed by atoms with E-state index in [1.807, 2.05) is 0 Å². The van der Waals surface area contributed by atoms with Crippen LogP contribution >= 0.6 is 11.6 Å². The molecule has 0 bridgehead atoms. The minimum Gasteiger partial charge on any atom is -0.377 e. The van der Waals surface area contributed by atoms with Gasteiger partial charge in [-0.05, 0) is 31.0 Å². The summed E-state index contributed by atoms with van der Waals surface area (Å²) >= 11 is 5.98. The van der Waals surface area contributed by atoms with Crippen molar-refractivity contribution >= 4 is 17.3 Å². The second kappa shape index (κ2) is 5.01. The van der Waals surface area contributed by atoms with Gasteiger partial charge in [-0.25, -0.2) is 0 Å². The molecule has 0 spiro atoms. The van der Waals surface area contributed by atoms with E-state index in [2.05, 4.69) is 11.4 Å². The first-order valence-electron chi connectivity index (χ1n) is 6.54. The van der Waals surface area contributed by atoms with Crippen LogP contribution in [0.1, 0.15) is 18.4 Å². The predicted molar refractivity (Wildman–Crippen MR) is 74.0 cm³/mol. The molecule has 1 saturated heterocycles. The van der Waals surface area contributed by atoms with Gasteiger partial charge in [-0.15, -0.1) is 0 Å². The molecule has 1 aliphatic carbocycles. The lowest BCUT2D eigenvalue weighted by molar-refractivity contribution is -0.104. The van der Waals surface area contributed by atoms with Crippen molar-refractivity contribution in [2.24, 2.45) is 11.7 Å². The van der Waals surface area contributed by atoms with Gasteiger partial charge >= 0.3 is 0 Å². The lowest BCUT2D eigenvalue weighted by Crippen LogP contribution is -2.69. The Hall–Kier alpha value is -1.28. The standard InChI is InChI=1S/C14H16ClN3O/c15-9-4-3-8(7-16)11(6-9)18-13-12(17)10-2-1-5-19-14(10)13/h3-4,6,10,12-14,18H,1-2,5,17H2. The number of anilines is 1. The monoisotopic (exact) mass is 277 g/mol. The van der Waals surface area contributed by atoms with Crippen LogP contribution in [-0.2, 0) is 4.74 Å². The molecule has 100 valence electrons. The van der Waals surface area contributed by atoms with E-state index < -0.39 is 0 Å². The van der Waals surface area contributed by atoms with Gasteiger partial charge in [0.2, 0.25) is 0 Å². The van der Waals surface area contributed by atoms with E-state index in [0.717, 1.165) is 25.1 Å². The summed E-state index contributed by atoms with van der Waals surface area (Å²) in [6.45, 7) is 0.798. The molecule has 1 saturated carbocycles. The molecule has 0 aromatic heterocycles. The number of nitrogens with two attached hydrogens (primary N) is 1. The zero-order valence-corrected chi connectivity index (χ0v) is 11.2. The fourth-order valence-corrected chi connectivity index (χ4v) is 3.21. The Balaban J connectivity index is 1.79. The molecule has 4 atom stereocenters. The number of hydrogen-bond donors (Lipinski definition) is 2. The second-order valence-corrected chi connectivity index (χ2v) is 5.63. The van der Waals surface area contributed by atoms with Crippen molar-refractivity contribution in [2.75, 3.05) is 11.9 Å². The number of benzene rings is 1. The Morgan fingerprint density at radius 1 is 1.47 bits per heavy atom. The number of fused-ring (bicyclic) bond motifs is 1. The number of nitrogens with one attached hydrogen (secondary N) is 1. The van der Waals surface area contributed by atoms with Gasteiger partial charge in [-0.3, -0.25) is 0 Å². The Morgan fingerprint density at radius 2 is 2.32 bits per heavy atom. The van der Waals surface area contributed by atoms with E-state index in [9.17, 15) is 0 Å². The van der Waals surface area contributed by atoms with Crippen LogP contribution in [0.5, 0.6) is 0 Å². The number of ether oxygens (including phenoxy) is 1. The first-order chi connectivity index (χ1) is 9.20. The van der Waals surface area contributed by atoms with Crippen molar-refractivity contribution in [2.45, 2.75) is 31.0 Å². The lowest BCUT2D eigenvalue weighted by atomic mass is 9.68. The summed E-state index contributed by atoms with van der Waals surface area (Å²) in [4.78, 5) is 0. The average Bonchev–Trinajstić information content (AvgIpc) is 2.44. The highest BCUT2D eigenvalue weighted by molar-refractivity contribution is 6.30. The fraction of sp³-hybridized carbons (Fsp3) is 0.500. The lowest BCUT2D eigenvalue weighted by Gasteiger charge is -2.52. The van der Waals surface area contributed by atoms with Gasteiger partial charge in [0.15, 0.2) is 0 Å². The Labute approximate surface area is 117 Å². The van der Waals surface area contributed by atoms with Crippen LogP contribution < -0.4 is 11.1 Å². The zero-order chi connectivity index (χ0) is 13.4. The maximum atomic E-state index is 9.12. The van der Waals surface area contributed by atoms with E-state index in [1.54, 1.807) is 18.2 Å². The average molecular weight is 278 g/mol. The second-order valence-electron chi connectivity index (χ2n) is 5.19. The third kappa shape index (κ3) is 2.18. The van der Waals surface area contributed by atoms with Gasteiger partial charge in [0.25, 0.3) is 0 Å². The topological polar surface area (TPSA) is 71.1 Å². The quantitative estimate of drug-likeness (QED) is 0.869. The molecule has 5 heteroatoms. The molecular formula is C14H16ClN3O. The van der Waals surface area contributed by atoms with Gasteiger partial charge in [0.1, 0.15) is 6.07 Å². The number of hydrogen-bond acceptors (Lipinski definition) is 4. The largest absolute Gasteiger partial charge is 0.377 e. The van der Waals surface area contributed by atoms with Crippen molar-refractivity contribution in [1.29, 1.82) is 5.26 Å². The molecule has 4 unspecified atom stereocenters. The molecule has 19 heavy (non-hydrogen) atoms. The summed E-state index contributed by atoms with van der Waals surface area (Å²) in [6.07, 6.45) is 2.38. The van der Waals surface area contributed by atoms with E-state index in [1.165, 1.54) is 0 Å². The van der Waals surface area contributed by atoms with Crippen LogP contribution in [0.4, 0.5) is 5.69 Å². The van der Waals surface area contributed by atoms with Crippen LogP contribution in [0.25, 0.3) is 0 Å². The van der Waals surface area contributed by atoms with Crippen molar-refractivity contribution in [3.05, 3.63) is 28.8 Å². The Bertz CT molecular complexity index is 528. The van der Waals surface area contributed by atoms with E-state index in [4.69, 9.17) is 27.3 Å². The molecule has 3 rings (SSSR count). The number of rotatable bonds is 2. The predicted octanol–water partition coefficient (Wildman–Crippen LogP) is 2.13. The third-order valence-corrected chi connectivity index (χ3v) is 4.34. The summed E-state index contributed by atoms with van der Waals surface area (Å²) in [5.74, 6) is 0.441. The smallest absolute Gasteiger partial charge is 0.101 e. The molecule has 1 heterocycles. The molecule has 1 aromatic rings. The number of nitriles is 1. The molecule has 4 nitrogen and oxygen atoms in total. The first-order valence-corrected chi connectivity index (χ1v) is 6.92. The summed E-state index contributed by atoms with van der Waals surface area (Å²) in [5.41, 5.74) is 7.51. The van der Waals surface area contributed by atoms with Crippen molar-refractivity contribution in [3.63, 3.8) is 0 Å². The molecule has 3 N–H and O–H groups in total. The zero-order valence-electron chi connectivity index (χ0n) is 10.5. The summed E-state index contributed by atoms with van der Waals surface area (Å²) in [7, 11) is 0. The van der Waals surface area contributed by atoms with Crippen LogP contribution in [0, 0.1) is 17.2 Å². The van der Waals surface area contributed by atoms with E-state index in [-0.39, 0.29) is 18.2 Å². The highest BCUT2D eigenvalue weighted by Gasteiger charge is 2.50. The van der Waals surface area contributed by atoms with Crippen LogP contribution in [0.3, 0.4) is 0 Å². The summed E-state index contributed by atoms with van der Waals surface area (Å²) in [6, 6.07) is 7.50. The van der Waals surface area contributed by atoms with Crippen LogP contribution in [0.2, 0.25) is 5.02 Å². The molecule has 0 amide bonds. The van der Waals surface area contributed by atoms with Gasteiger partial charge < -0.3 is 15.8 Å². The van der Waals surface area contributed by atoms with Gasteiger partial charge in [-0.1, -0.05) is 11.6 Å². The minimum absolute atomic E-state index is 0.0656. The minimum atomic E-state index is 0.0656. The van der Waals surface area contributed by atoms with Crippen LogP contribution in [-0.4, -0.2) is 24.8 Å². The normalized spacial score (nSPS) is 32.9. The number of halogens is 1. The maximum Gasteiger partial charge on any atom is 0.101 e. The molecule has 2 aliphatic rings. The number of nitrogens with zero attached hydrogens (tertiary/aromatic N) is 1. The SMILES string of the molecule is N#Cc1ccc(Cl)cc1NC1C(N)C2CCCOC21. The van der Waals surface area contributed by atoms with Gasteiger partial charge in [0, 0.05) is 23.6 Å². The maximum absolute atomic E-state index is 9.12. The van der Waals surface area contributed by atoms with E-state index in [0.29, 0.717) is 16.5 Å². The van der Waals surface area contributed by atoms with Crippen molar-refractivity contribution < 1.29 is 4.74 Å². The van der Waals surface area contributed by atoms with Crippen molar-refractivity contribution in [1.82, 2.24) is 0 Å². The molecule has 0 radical (unpaired) electrons. The van der Waals surface area contributed by atoms with Crippen molar-refractivity contribution in [3.8, 4) is 6.07 Å². The fourth-order valence-electron chi connectivity index (χ4n) is 3.04. The first kappa shape index (κ1) is 12.7. The van der Waals surface area contributed by atoms with Crippen LogP contribution in [0.15, 0.2) is 18.2 Å². The highest BCUT2D eigenvalue weighted by atomic mass is 35.5.